The lowest BCUT2D eigenvalue weighted by molar-refractivity contribution is 0.0603. The van der Waals surface area contributed by atoms with E-state index in [-0.39, 0.29) is 0 Å². The zero-order valence-electron chi connectivity index (χ0n) is 50.9. The van der Waals surface area contributed by atoms with E-state index < -0.39 is 0 Å². The molecular formula is C72H135N. The van der Waals surface area contributed by atoms with Crippen LogP contribution in [0.2, 0.25) is 0 Å². The molecule has 0 aromatic heterocycles. The van der Waals surface area contributed by atoms with Crippen molar-refractivity contribution in [2.75, 3.05) is 6.54 Å². The van der Waals surface area contributed by atoms with Crippen LogP contribution < -0.4 is 5.73 Å². The molecule has 1 nitrogen and oxygen atoms in total. The summed E-state index contributed by atoms with van der Waals surface area (Å²) in [6, 6.07) is 0. The molecule has 0 saturated carbocycles. The third kappa shape index (κ3) is 35.9. The van der Waals surface area contributed by atoms with Crippen LogP contribution in [0.15, 0.2) is 47.6 Å². The van der Waals surface area contributed by atoms with Crippen molar-refractivity contribution in [1.82, 2.24) is 0 Å². The predicted octanol–water partition coefficient (Wildman–Crippen LogP) is 25.5. The van der Waals surface area contributed by atoms with E-state index in [1.54, 1.807) is 11.1 Å². The van der Waals surface area contributed by atoms with Crippen molar-refractivity contribution in [3.63, 3.8) is 0 Å². The molecule has 0 fully saturated rings. The van der Waals surface area contributed by atoms with E-state index in [4.69, 9.17) is 5.73 Å². The van der Waals surface area contributed by atoms with Crippen LogP contribution in [-0.2, 0) is 0 Å². The van der Waals surface area contributed by atoms with Gasteiger partial charge in [0.25, 0.3) is 0 Å². The number of hydrogen-bond acceptors (Lipinski definition) is 1. The summed E-state index contributed by atoms with van der Waals surface area (Å²) < 4.78 is 0. The van der Waals surface area contributed by atoms with Gasteiger partial charge in [-0.2, -0.15) is 0 Å². The fourth-order valence-electron chi connectivity index (χ4n) is 13.5. The standard InChI is InChI=1S/C72H135N/c1-5-9-13-17-21-39-45-51-61-71(63-57-68(58-64-71)54-48-42-36-19-15-11-7-3)70(56-50-44-38-34-32-30-28-26-24-23-25-27-29-31-33-35-41-47-53-67-73)72(62-52-46-40-22-18-14-10-6-2)65-59-69(60-66-72)55-49-43-37-20-16-12-8-4/h57-60,63,65,70H,5-56,61-62,64,66-67,73H2,1-4H3. The Morgan fingerprint density at radius 1 is 0.315 bits per heavy atom. The predicted molar refractivity (Wildman–Crippen MR) is 333 cm³/mol. The Hall–Kier alpha value is -1.08. The first-order valence-corrected chi connectivity index (χ1v) is 34.6. The lowest BCUT2D eigenvalue weighted by atomic mass is 9.53. The maximum atomic E-state index is 5.65. The number of allylic oxidation sites excluding steroid dienone is 8. The topological polar surface area (TPSA) is 26.0 Å². The zero-order valence-corrected chi connectivity index (χ0v) is 50.9. The summed E-state index contributed by atoms with van der Waals surface area (Å²) in [5, 5.41) is 0. The van der Waals surface area contributed by atoms with Crippen LogP contribution in [0.5, 0.6) is 0 Å². The molecule has 0 radical (unpaired) electrons. The molecule has 2 rings (SSSR count). The molecule has 0 aliphatic heterocycles. The third-order valence-electron chi connectivity index (χ3n) is 18.5. The van der Waals surface area contributed by atoms with E-state index in [1.165, 1.54) is 360 Å². The van der Waals surface area contributed by atoms with Crippen LogP contribution in [0.25, 0.3) is 0 Å². The van der Waals surface area contributed by atoms with Crippen LogP contribution in [0, 0.1) is 16.7 Å². The van der Waals surface area contributed by atoms with Gasteiger partial charge in [0.1, 0.15) is 0 Å². The summed E-state index contributed by atoms with van der Waals surface area (Å²) in [5.41, 5.74) is 9.58. The minimum Gasteiger partial charge on any atom is -0.330 e. The highest BCUT2D eigenvalue weighted by molar-refractivity contribution is 5.32. The van der Waals surface area contributed by atoms with E-state index in [2.05, 4.69) is 64.2 Å². The monoisotopic (exact) mass is 1010 g/mol. The summed E-state index contributed by atoms with van der Waals surface area (Å²) in [6.45, 7) is 10.3. The van der Waals surface area contributed by atoms with Gasteiger partial charge in [0.05, 0.1) is 0 Å². The molecule has 2 aliphatic rings. The van der Waals surface area contributed by atoms with Gasteiger partial charge in [0.2, 0.25) is 0 Å². The van der Waals surface area contributed by atoms with Crippen molar-refractivity contribution in [3.05, 3.63) is 47.6 Å². The van der Waals surface area contributed by atoms with Crippen molar-refractivity contribution < 1.29 is 0 Å². The average Bonchev–Trinajstić information content (AvgIpc) is 3.41. The molecule has 2 aliphatic carbocycles. The molecule has 0 bridgehead atoms. The first-order valence-electron chi connectivity index (χ1n) is 34.6. The highest BCUT2D eigenvalue weighted by atomic mass is 14.5. The van der Waals surface area contributed by atoms with E-state index >= 15 is 0 Å². The SMILES string of the molecule is CCCCCCCCCCC1(C(CCCCCCCCCCCCCCCCCCCCCN)C2(CCCCCCCCCC)C=CC(CCCCCCCCC)=CC2)C=CC(CCCCCCCCC)=CC1. The summed E-state index contributed by atoms with van der Waals surface area (Å²) >= 11 is 0. The van der Waals surface area contributed by atoms with Gasteiger partial charge in [-0.05, 0) is 87.5 Å². The Kier molecular flexibility index (Phi) is 47.0. The second-order valence-corrected chi connectivity index (χ2v) is 25.1. The van der Waals surface area contributed by atoms with Gasteiger partial charge in [-0.15, -0.1) is 0 Å². The molecule has 0 saturated heterocycles. The molecule has 428 valence electrons. The summed E-state index contributed by atoms with van der Waals surface area (Å²) in [7, 11) is 0. The van der Waals surface area contributed by atoms with Gasteiger partial charge in [0.15, 0.2) is 0 Å². The van der Waals surface area contributed by atoms with Gasteiger partial charge in [-0.3, -0.25) is 0 Å². The highest BCUT2D eigenvalue weighted by Crippen LogP contribution is 2.57. The smallest absolute Gasteiger partial charge is 0.00437 e. The lowest BCUT2D eigenvalue weighted by Gasteiger charge is -2.51. The van der Waals surface area contributed by atoms with Gasteiger partial charge < -0.3 is 5.73 Å². The summed E-state index contributed by atoms with van der Waals surface area (Å²) in [4.78, 5) is 0. The van der Waals surface area contributed by atoms with Crippen molar-refractivity contribution in [1.29, 1.82) is 0 Å². The number of unbranched alkanes of at least 4 members (excludes halogenated alkanes) is 44. The third-order valence-corrected chi connectivity index (χ3v) is 18.5. The van der Waals surface area contributed by atoms with Gasteiger partial charge in [-0.25, -0.2) is 0 Å². The van der Waals surface area contributed by atoms with Crippen LogP contribution in [0.4, 0.5) is 0 Å². The minimum atomic E-state index is 0.296. The quantitative estimate of drug-likeness (QED) is 0.0604. The van der Waals surface area contributed by atoms with Crippen molar-refractivity contribution in [2.24, 2.45) is 22.5 Å². The van der Waals surface area contributed by atoms with Crippen molar-refractivity contribution in [2.45, 2.75) is 387 Å². The van der Waals surface area contributed by atoms with Gasteiger partial charge in [-0.1, -0.05) is 371 Å². The normalized spacial score (nSPS) is 18.2. The minimum absolute atomic E-state index is 0.296. The van der Waals surface area contributed by atoms with E-state index in [0.717, 1.165) is 12.5 Å². The van der Waals surface area contributed by atoms with Crippen molar-refractivity contribution in [3.8, 4) is 0 Å². The summed E-state index contributed by atoms with van der Waals surface area (Å²) in [6.07, 6.45) is 96.1. The molecule has 2 unspecified atom stereocenters. The maximum Gasteiger partial charge on any atom is -0.00437 e. The molecule has 0 spiro atoms. The Morgan fingerprint density at radius 2 is 0.562 bits per heavy atom. The van der Waals surface area contributed by atoms with Gasteiger partial charge >= 0.3 is 0 Å². The van der Waals surface area contributed by atoms with Crippen LogP contribution in [0.3, 0.4) is 0 Å². The number of rotatable bonds is 57. The van der Waals surface area contributed by atoms with E-state index in [1.807, 2.05) is 0 Å². The largest absolute Gasteiger partial charge is 0.330 e. The molecular weight excluding hydrogens is 879 g/mol. The molecule has 1 heteroatoms. The van der Waals surface area contributed by atoms with Gasteiger partial charge in [0, 0.05) is 0 Å². The Morgan fingerprint density at radius 3 is 0.822 bits per heavy atom. The lowest BCUT2D eigenvalue weighted by Crippen LogP contribution is -2.42. The fourth-order valence-corrected chi connectivity index (χ4v) is 13.5. The van der Waals surface area contributed by atoms with Crippen molar-refractivity contribution >= 4 is 0 Å². The second-order valence-electron chi connectivity index (χ2n) is 25.1. The van der Waals surface area contributed by atoms with Crippen LogP contribution >= 0.6 is 0 Å². The number of nitrogens with two attached hydrogens (primary N) is 1. The zero-order chi connectivity index (χ0) is 52.3. The van der Waals surface area contributed by atoms with E-state index in [9.17, 15) is 0 Å². The van der Waals surface area contributed by atoms with E-state index in [0.29, 0.717) is 10.8 Å². The fraction of sp³-hybridized carbons (Fsp3) is 0.889. The summed E-state index contributed by atoms with van der Waals surface area (Å²) in [5.74, 6) is 0.737. The number of hydrogen-bond donors (Lipinski definition) is 1. The molecule has 2 N–H and O–H groups in total. The molecule has 0 aromatic carbocycles. The average molecular weight is 1010 g/mol. The maximum absolute atomic E-state index is 5.65. The Balaban J connectivity index is 2.17. The highest BCUT2D eigenvalue weighted by Gasteiger charge is 2.47. The molecule has 73 heavy (non-hydrogen) atoms. The van der Waals surface area contributed by atoms with Crippen LogP contribution in [-0.4, -0.2) is 6.54 Å². The Bertz CT molecular complexity index is 1210. The molecule has 0 amide bonds. The second kappa shape index (κ2) is 50.4. The Labute approximate surface area is 461 Å². The molecule has 2 atom stereocenters. The first-order chi connectivity index (χ1) is 36.1. The molecule has 0 heterocycles. The molecule has 0 aromatic rings. The first kappa shape index (κ1) is 68.0. The van der Waals surface area contributed by atoms with Crippen LogP contribution in [0.1, 0.15) is 387 Å².